The third-order valence-corrected chi connectivity index (χ3v) is 5.00. The average molecular weight is 429 g/mol. The van der Waals surface area contributed by atoms with Crippen LogP contribution in [0.15, 0.2) is 82.0 Å². The summed E-state index contributed by atoms with van der Waals surface area (Å²) in [4.78, 5) is 29.6. The zero-order chi connectivity index (χ0) is 22.5. The number of aryl methyl sites for hydroxylation is 1. The molecule has 162 valence electrons. The van der Waals surface area contributed by atoms with Crippen molar-refractivity contribution in [2.24, 2.45) is 0 Å². The lowest BCUT2D eigenvalue weighted by Crippen LogP contribution is -2.44. The number of nitrogens with zero attached hydrogens (tertiary/aromatic N) is 1. The highest BCUT2D eigenvalue weighted by atomic mass is 16.4. The van der Waals surface area contributed by atoms with Gasteiger partial charge < -0.3 is 19.5 Å². The summed E-state index contributed by atoms with van der Waals surface area (Å²) >= 11 is 0. The lowest BCUT2D eigenvalue weighted by molar-refractivity contribution is -0.122. The van der Waals surface area contributed by atoms with Crippen molar-refractivity contribution < 1.29 is 18.4 Å². The van der Waals surface area contributed by atoms with Crippen molar-refractivity contribution in [3.8, 4) is 22.8 Å². The Morgan fingerprint density at radius 2 is 1.81 bits per heavy atom. The fourth-order valence-electron chi connectivity index (χ4n) is 3.20. The monoisotopic (exact) mass is 429 g/mol. The number of hydrogen-bond acceptors (Lipinski definition) is 5. The van der Waals surface area contributed by atoms with Crippen LogP contribution in [0.4, 0.5) is 0 Å². The molecule has 0 bridgehead atoms. The molecule has 0 saturated heterocycles. The van der Waals surface area contributed by atoms with E-state index in [2.05, 4.69) is 15.6 Å². The summed E-state index contributed by atoms with van der Waals surface area (Å²) in [5, 5.41) is 5.46. The zero-order valence-corrected chi connectivity index (χ0v) is 17.8. The van der Waals surface area contributed by atoms with Crippen LogP contribution in [0.2, 0.25) is 0 Å². The molecule has 4 rings (SSSR count). The maximum Gasteiger partial charge on any atom is 0.252 e. The van der Waals surface area contributed by atoms with Crippen LogP contribution < -0.4 is 10.6 Å². The van der Waals surface area contributed by atoms with Gasteiger partial charge in [-0.2, -0.15) is 0 Å². The van der Waals surface area contributed by atoms with Gasteiger partial charge in [0.25, 0.3) is 5.91 Å². The predicted octanol–water partition coefficient (Wildman–Crippen LogP) is 4.34. The summed E-state index contributed by atoms with van der Waals surface area (Å²) in [7, 11) is 0. The molecule has 4 aromatic rings. The lowest BCUT2D eigenvalue weighted by Gasteiger charge is -2.14. The molecule has 2 aromatic carbocycles. The van der Waals surface area contributed by atoms with E-state index < -0.39 is 11.9 Å². The first-order valence-electron chi connectivity index (χ1n) is 10.2. The third-order valence-electron chi connectivity index (χ3n) is 5.00. The predicted molar refractivity (Wildman–Crippen MR) is 120 cm³/mol. The molecule has 32 heavy (non-hydrogen) atoms. The van der Waals surface area contributed by atoms with E-state index in [0.29, 0.717) is 28.5 Å². The summed E-state index contributed by atoms with van der Waals surface area (Å²) in [6.07, 6.45) is 3.18. The van der Waals surface area contributed by atoms with E-state index in [0.717, 1.165) is 11.1 Å². The van der Waals surface area contributed by atoms with E-state index >= 15 is 0 Å². The van der Waals surface area contributed by atoms with Crippen LogP contribution in [0.5, 0.6) is 0 Å². The van der Waals surface area contributed by atoms with E-state index in [-0.39, 0.29) is 12.5 Å². The number of furan rings is 1. The Kier molecular flexibility index (Phi) is 6.17. The molecule has 0 saturated carbocycles. The van der Waals surface area contributed by atoms with Gasteiger partial charge in [-0.15, -0.1) is 0 Å². The molecule has 2 N–H and O–H groups in total. The first kappa shape index (κ1) is 21.1. The molecule has 7 heteroatoms. The second kappa shape index (κ2) is 9.34. The Bertz CT molecular complexity index is 1210. The van der Waals surface area contributed by atoms with Gasteiger partial charge in [0.2, 0.25) is 11.8 Å². The van der Waals surface area contributed by atoms with Gasteiger partial charge >= 0.3 is 0 Å². The van der Waals surface area contributed by atoms with Gasteiger partial charge in [-0.3, -0.25) is 9.59 Å². The lowest BCUT2D eigenvalue weighted by atomic mass is 10.1. The van der Waals surface area contributed by atoms with E-state index in [4.69, 9.17) is 8.83 Å². The molecule has 2 heterocycles. The number of nitrogens with one attached hydrogen (secondary N) is 2. The molecule has 2 aromatic heterocycles. The number of carbonyl (C=O) groups excluding carboxylic acids is 2. The molecule has 1 unspecified atom stereocenters. The quantitative estimate of drug-likeness (QED) is 0.455. The second-order valence-electron chi connectivity index (χ2n) is 7.43. The smallest absolute Gasteiger partial charge is 0.252 e. The van der Waals surface area contributed by atoms with Crippen LogP contribution in [-0.2, 0) is 11.3 Å². The number of amides is 2. The molecule has 7 nitrogen and oxygen atoms in total. The number of rotatable bonds is 7. The van der Waals surface area contributed by atoms with Crippen molar-refractivity contribution >= 4 is 11.8 Å². The van der Waals surface area contributed by atoms with E-state index in [9.17, 15) is 9.59 Å². The fraction of sp³-hybridized carbons (Fsp3) is 0.160. The summed E-state index contributed by atoms with van der Waals surface area (Å²) in [5.74, 6) is 0.874. The largest absolute Gasteiger partial charge is 0.467 e. The van der Waals surface area contributed by atoms with Crippen LogP contribution >= 0.6 is 0 Å². The highest BCUT2D eigenvalue weighted by Crippen LogP contribution is 2.28. The van der Waals surface area contributed by atoms with Crippen molar-refractivity contribution in [3.63, 3.8) is 0 Å². The fourth-order valence-corrected chi connectivity index (χ4v) is 3.20. The minimum Gasteiger partial charge on any atom is -0.467 e. The number of benzene rings is 2. The van der Waals surface area contributed by atoms with Crippen molar-refractivity contribution in [2.45, 2.75) is 26.4 Å². The van der Waals surface area contributed by atoms with Crippen LogP contribution in [0.3, 0.4) is 0 Å². The number of aromatic nitrogens is 1. The van der Waals surface area contributed by atoms with Crippen molar-refractivity contribution in [1.29, 1.82) is 0 Å². The van der Waals surface area contributed by atoms with Gasteiger partial charge in [-0.05, 0) is 38.1 Å². The van der Waals surface area contributed by atoms with E-state index in [1.165, 1.54) is 6.26 Å². The molecule has 0 fully saturated rings. The van der Waals surface area contributed by atoms with Gasteiger partial charge in [-0.1, -0.05) is 42.0 Å². The van der Waals surface area contributed by atoms with Crippen LogP contribution in [0.25, 0.3) is 22.8 Å². The molecule has 0 aliphatic carbocycles. The minimum atomic E-state index is -0.738. The normalized spacial score (nSPS) is 11.7. The molecular weight excluding hydrogens is 406 g/mol. The summed E-state index contributed by atoms with van der Waals surface area (Å²) in [5.41, 5.74) is 2.97. The molecule has 0 aliphatic heterocycles. The summed E-state index contributed by atoms with van der Waals surface area (Å²) < 4.78 is 11.1. The van der Waals surface area contributed by atoms with Gasteiger partial charge in [0.05, 0.1) is 24.6 Å². The van der Waals surface area contributed by atoms with Crippen LogP contribution in [-0.4, -0.2) is 22.8 Å². The van der Waals surface area contributed by atoms with Crippen LogP contribution in [0.1, 0.15) is 28.6 Å². The number of hydrogen-bond donors (Lipinski definition) is 2. The third kappa shape index (κ3) is 4.78. The number of oxazole rings is 1. The number of carbonyl (C=O) groups is 2. The Labute approximate surface area is 185 Å². The zero-order valence-electron chi connectivity index (χ0n) is 17.8. The molecule has 1 atom stereocenters. The van der Waals surface area contributed by atoms with Crippen LogP contribution in [0, 0.1) is 6.92 Å². The topological polar surface area (TPSA) is 97.4 Å². The Hall–Kier alpha value is -4.13. The molecule has 0 radical (unpaired) electrons. The molecular formula is C25H23N3O4. The van der Waals surface area contributed by atoms with Gasteiger partial charge in [-0.25, -0.2) is 4.98 Å². The Morgan fingerprint density at radius 3 is 2.56 bits per heavy atom. The van der Waals surface area contributed by atoms with E-state index in [1.807, 2.05) is 31.2 Å². The summed E-state index contributed by atoms with van der Waals surface area (Å²) in [6.45, 7) is 3.89. The Balaban J connectivity index is 1.47. The molecule has 0 spiro atoms. The SMILES string of the molecule is Cc1ccc(-c2cnc(-c3ccccc3C(=O)NC(C)C(=O)NCc3ccco3)o2)cc1. The van der Waals surface area contributed by atoms with Crippen molar-refractivity contribution in [1.82, 2.24) is 15.6 Å². The first-order chi connectivity index (χ1) is 15.5. The first-order valence-corrected chi connectivity index (χ1v) is 10.2. The van der Waals surface area contributed by atoms with Crippen molar-refractivity contribution in [3.05, 3.63) is 90.0 Å². The van der Waals surface area contributed by atoms with E-state index in [1.54, 1.807) is 49.5 Å². The van der Waals surface area contributed by atoms with Gasteiger partial charge in [0.15, 0.2) is 5.76 Å². The average Bonchev–Trinajstić information content (AvgIpc) is 3.50. The van der Waals surface area contributed by atoms with Gasteiger partial charge in [0, 0.05) is 11.1 Å². The minimum absolute atomic E-state index is 0.251. The highest BCUT2D eigenvalue weighted by molar-refractivity contribution is 6.02. The maximum atomic E-state index is 12.9. The second-order valence-corrected chi connectivity index (χ2v) is 7.43. The highest BCUT2D eigenvalue weighted by Gasteiger charge is 2.21. The standard InChI is InChI=1S/C25H23N3O4/c1-16-9-11-18(12-10-16)22-15-27-25(32-22)21-8-4-3-7-20(21)24(30)28-17(2)23(29)26-14-19-6-5-13-31-19/h3-13,15,17H,14H2,1-2H3,(H,26,29)(H,28,30). The molecule has 0 aliphatic rings. The van der Waals surface area contributed by atoms with Crippen molar-refractivity contribution in [2.75, 3.05) is 0 Å². The summed E-state index contributed by atoms with van der Waals surface area (Å²) in [6, 6.07) is 17.7. The molecule has 2 amide bonds. The Morgan fingerprint density at radius 1 is 1.03 bits per heavy atom. The van der Waals surface area contributed by atoms with Gasteiger partial charge in [0.1, 0.15) is 11.8 Å². The maximum absolute atomic E-state index is 12.9.